The van der Waals surface area contributed by atoms with Gasteiger partial charge in [0.2, 0.25) is 0 Å². The van der Waals surface area contributed by atoms with E-state index in [2.05, 4.69) is 0 Å². The first-order chi connectivity index (χ1) is 6.88. The predicted octanol–water partition coefficient (Wildman–Crippen LogP) is 2.21. The highest BCUT2D eigenvalue weighted by Crippen LogP contribution is 2.23. The molecule has 0 saturated carbocycles. The zero-order valence-corrected chi connectivity index (χ0v) is 8.23. The van der Waals surface area contributed by atoms with Crippen molar-refractivity contribution in [1.29, 1.82) is 0 Å². The van der Waals surface area contributed by atoms with Crippen LogP contribution in [0.3, 0.4) is 0 Å². The molecule has 1 aromatic rings. The van der Waals surface area contributed by atoms with Crippen LogP contribution in [0.5, 0.6) is 11.5 Å². The summed E-state index contributed by atoms with van der Waals surface area (Å²) in [7, 11) is 1.64. The summed E-state index contributed by atoms with van der Waals surface area (Å²) in [5.74, 6) is 1.61. The van der Waals surface area contributed by atoms with Gasteiger partial charge in [0.1, 0.15) is 11.5 Å². The molecule has 1 atom stereocenters. The smallest absolute Gasteiger partial charge is 0.199 e. The summed E-state index contributed by atoms with van der Waals surface area (Å²) < 4.78 is 16.1. The van der Waals surface area contributed by atoms with Crippen molar-refractivity contribution in [2.45, 2.75) is 19.1 Å². The second kappa shape index (κ2) is 4.33. The molecule has 0 bridgehead atoms. The van der Waals surface area contributed by atoms with Crippen molar-refractivity contribution in [3.05, 3.63) is 24.3 Å². The minimum atomic E-state index is -0.0814. The highest BCUT2D eigenvalue weighted by molar-refractivity contribution is 5.32. The highest BCUT2D eigenvalue weighted by Gasteiger charge is 2.16. The normalized spacial score (nSPS) is 20.8. The molecular formula is C11H14O3. The molecule has 1 fully saturated rings. The molecule has 0 amide bonds. The first-order valence-electron chi connectivity index (χ1n) is 4.81. The molecule has 2 rings (SSSR count). The van der Waals surface area contributed by atoms with Crippen molar-refractivity contribution in [2.75, 3.05) is 13.7 Å². The first-order valence-corrected chi connectivity index (χ1v) is 4.81. The third-order valence-electron chi connectivity index (χ3n) is 2.20. The highest BCUT2D eigenvalue weighted by atomic mass is 16.7. The minimum absolute atomic E-state index is 0.0814. The Balaban J connectivity index is 2.00. The van der Waals surface area contributed by atoms with Crippen LogP contribution in [-0.4, -0.2) is 20.0 Å². The van der Waals surface area contributed by atoms with E-state index in [1.165, 1.54) is 0 Å². The van der Waals surface area contributed by atoms with E-state index in [1.807, 2.05) is 24.3 Å². The van der Waals surface area contributed by atoms with Crippen LogP contribution in [-0.2, 0) is 4.74 Å². The average Bonchev–Trinajstić information content (AvgIpc) is 2.71. The van der Waals surface area contributed by atoms with Gasteiger partial charge >= 0.3 is 0 Å². The van der Waals surface area contributed by atoms with E-state index >= 15 is 0 Å². The molecule has 0 N–H and O–H groups in total. The van der Waals surface area contributed by atoms with Crippen LogP contribution in [0.25, 0.3) is 0 Å². The maximum Gasteiger partial charge on any atom is 0.199 e. The standard InChI is InChI=1S/C11H14O3/c1-12-9-4-2-5-10(8-9)14-11-6-3-7-13-11/h2,4-5,8,11H,3,6-7H2,1H3. The van der Waals surface area contributed by atoms with Crippen LogP contribution >= 0.6 is 0 Å². The van der Waals surface area contributed by atoms with E-state index in [-0.39, 0.29) is 6.29 Å². The van der Waals surface area contributed by atoms with Crippen molar-refractivity contribution >= 4 is 0 Å². The van der Waals surface area contributed by atoms with Crippen molar-refractivity contribution in [3.8, 4) is 11.5 Å². The van der Waals surface area contributed by atoms with Gasteiger partial charge in [0.25, 0.3) is 0 Å². The van der Waals surface area contributed by atoms with Crippen LogP contribution in [0.1, 0.15) is 12.8 Å². The van der Waals surface area contributed by atoms with Gasteiger partial charge in [-0.2, -0.15) is 0 Å². The molecule has 1 unspecified atom stereocenters. The van der Waals surface area contributed by atoms with Gasteiger partial charge in [-0.15, -0.1) is 0 Å². The van der Waals surface area contributed by atoms with Crippen molar-refractivity contribution < 1.29 is 14.2 Å². The van der Waals surface area contributed by atoms with Gasteiger partial charge in [-0.05, 0) is 18.6 Å². The van der Waals surface area contributed by atoms with Gasteiger partial charge in [-0.1, -0.05) is 6.07 Å². The van der Waals surface area contributed by atoms with E-state index in [1.54, 1.807) is 7.11 Å². The van der Waals surface area contributed by atoms with Crippen LogP contribution in [0.15, 0.2) is 24.3 Å². The summed E-state index contributed by atoms with van der Waals surface area (Å²) in [5, 5.41) is 0. The number of ether oxygens (including phenoxy) is 3. The molecule has 3 nitrogen and oxygen atoms in total. The fourth-order valence-corrected chi connectivity index (χ4v) is 1.47. The van der Waals surface area contributed by atoms with E-state index in [0.717, 1.165) is 30.9 Å². The Morgan fingerprint density at radius 2 is 2.21 bits per heavy atom. The van der Waals surface area contributed by atoms with Crippen molar-refractivity contribution in [3.63, 3.8) is 0 Å². The lowest BCUT2D eigenvalue weighted by molar-refractivity contribution is -0.0391. The first kappa shape index (κ1) is 9.34. The van der Waals surface area contributed by atoms with Crippen LogP contribution in [0, 0.1) is 0 Å². The molecular weight excluding hydrogens is 180 g/mol. The van der Waals surface area contributed by atoms with E-state index in [0.29, 0.717) is 0 Å². The Morgan fingerprint density at radius 3 is 2.93 bits per heavy atom. The Kier molecular flexibility index (Phi) is 2.89. The maximum atomic E-state index is 5.62. The lowest BCUT2D eigenvalue weighted by Crippen LogP contribution is -2.13. The molecule has 0 aliphatic carbocycles. The molecule has 76 valence electrons. The number of hydrogen-bond acceptors (Lipinski definition) is 3. The van der Waals surface area contributed by atoms with E-state index < -0.39 is 0 Å². The predicted molar refractivity (Wildman–Crippen MR) is 52.6 cm³/mol. The molecule has 0 spiro atoms. The number of rotatable bonds is 3. The molecule has 1 saturated heterocycles. The molecule has 0 aromatic heterocycles. The zero-order chi connectivity index (χ0) is 9.80. The largest absolute Gasteiger partial charge is 0.497 e. The van der Waals surface area contributed by atoms with Crippen LogP contribution < -0.4 is 9.47 Å². The molecule has 14 heavy (non-hydrogen) atoms. The fraction of sp³-hybridized carbons (Fsp3) is 0.455. The van der Waals surface area contributed by atoms with E-state index in [4.69, 9.17) is 14.2 Å². The van der Waals surface area contributed by atoms with Crippen molar-refractivity contribution in [2.24, 2.45) is 0 Å². The number of benzene rings is 1. The van der Waals surface area contributed by atoms with Gasteiger partial charge in [-0.3, -0.25) is 0 Å². The Bertz CT molecular complexity index is 292. The Morgan fingerprint density at radius 1 is 1.36 bits per heavy atom. The van der Waals surface area contributed by atoms with Gasteiger partial charge in [0, 0.05) is 12.5 Å². The van der Waals surface area contributed by atoms with Gasteiger partial charge < -0.3 is 14.2 Å². The molecule has 1 aliphatic rings. The SMILES string of the molecule is COc1cccc(OC2CCCO2)c1. The maximum absolute atomic E-state index is 5.62. The van der Waals surface area contributed by atoms with Gasteiger partial charge in [0.05, 0.1) is 13.7 Å². The zero-order valence-electron chi connectivity index (χ0n) is 8.23. The minimum Gasteiger partial charge on any atom is -0.497 e. The summed E-state index contributed by atoms with van der Waals surface area (Å²) in [6.45, 7) is 0.800. The molecule has 1 aromatic carbocycles. The second-order valence-electron chi connectivity index (χ2n) is 3.24. The second-order valence-corrected chi connectivity index (χ2v) is 3.24. The lowest BCUT2D eigenvalue weighted by atomic mass is 10.3. The lowest BCUT2D eigenvalue weighted by Gasteiger charge is -2.12. The third-order valence-corrected chi connectivity index (χ3v) is 2.20. The van der Waals surface area contributed by atoms with Crippen molar-refractivity contribution in [1.82, 2.24) is 0 Å². The summed E-state index contributed by atoms with van der Waals surface area (Å²) in [6, 6.07) is 7.57. The van der Waals surface area contributed by atoms with E-state index in [9.17, 15) is 0 Å². The van der Waals surface area contributed by atoms with Crippen LogP contribution in [0.4, 0.5) is 0 Å². The molecule has 0 radical (unpaired) electrons. The average molecular weight is 194 g/mol. The number of hydrogen-bond donors (Lipinski definition) is 0. The molecule has 1 aliphatic heterocycles. The summed E-state index contributed by atoms with van der Waals surface area (Å²) >= 11 is 0. The monoisotopic (exact) mass is 194 g/mol. The Hall–Kier alpha value is -1.22. The molecule has 3 heteroatoms. The summed E-state index contributed by atoms with van der Waals surface area (Å²) in [6.07, 6.45) is 1.97. The summed E-state index contributed by atoms with van der Waals surface area (Å²) in [4.78, 5) is 0. The third kappa shape index (κ3) is 2.17. The summed E-state index contributed by atoms with van der Waals surface area (Å²) in [5.41, 5.74) is 0. The quantitative estimate of drug-likeness (QED) is 0.738. The topological polar surface area (TPSA) is 27.7 Å². The number of methoxy groups -OCH3 is 1. The Labute approximate surface area is 83.6 Å². The van der Waals surface area contributed by atoms with Gasteiger partial charge in [0.15, 0.2) is 6.29 Å². The molecule has 1 heterocycles. The fourth-order valence-electron chi connectivity index (χ4n) is 1.47. The van der Waals surface area contributed by atoms with Gasteiger partial charge in [-0.25, -0.2) is 0 Å². The van der Waals surface area contributed by atoms with Crippen LogP contribution in [0.2, 0.25) is 0 Å².